The monoisotopic (exact) mass is 434 g/mol. The summed E-state index contributed by atoms with van der Waals surface area (Å²) in [5.74, 6) is 2.08. The largest absolute Gasteiger partial charge is 0.493 e. The molecule has 1 heterocycles. The number of nitrogens with one attached hydrogen (secondary N) is 1. The Kier molecular flexibility index (Phi) is 6.39. The predicted octanol–water partition coefficient (Wildman–Crippen LogP) is 2.76. The number of ether oxygens (including phenoxy) is 2. The van der Waals surface area contributed by atoms with Crippen LogP contribution in [0.1, 0.15) is 30.1 Å². The maximum absolute atomic E-state index is 12.9. The van der Waals surface area contributed by atoms with Gasteiger partial charge in [-0.2, -0.15) is 5.10 Å². The van der Waals surface area contributed by atoms with Crippen molar-refractivity contribution in [3.8, 4) is 17.2 Å². The standard InChI is InChI=1S/C24H26N4O4/c1-31-20-12-8-17(16-21(20)32-2)9-13-22(29)25-14-15-27-24(30)28(19-6-4-3-5-7-19)23(26-27)18-10-11-18/h3-9,12-13,16,18H,10-11,14-15H2,1-2H3,(H,25,29)/b13-9+. The maximum Gasteiger partial charge on any atom is 0.350 e. The van der Waals surface area contributed by atoms with Gasteiger partial charge in [0, 0.05) is 18.5 Å². The van der Waals surface area contributed by atoms with Crippen molar-refractivity contribution in [2.45, 2.75) is 25.3 Å². The summed E-state index contributed by atoms with van der Waals surface area (Å²) < 4.78 is 13.6. The highest BCUT2D eigenvalue weighted by Crippen LogP contribution is 2.39. The van der Waals surface area contributed by atoms with Crippen LogP contribution in [0.25, 0.3) is 11.8 Å². The molecule has 0 unspecified atom stereocenters. The number of para-hydroxylation sites is 1. The van der Waals surface area contributed by atoms with Crippen molar-refractivity contribution in [1.29, 1.82) is 0 Å². The van der Waals surface area contributed by atoms with Gasteiger partial charge in [-0.3, -0.25) is 4.79 Å². The summed E-state index contributed by atoms with van der Waals surface area (Å²) in [6.07, 6.45) is 5.23. The van der Waals surface area contributed by atoms with Gasteiger partial charge in [0.1, 0.15) is 5.82 Å². The van der Waals surface area contributed by atoms with E-state index >= 15 is 0 Å². The Hall–Kier alpha value is -3.81. The fourth-order valence-corrected chi connectivity index (χ4v) is 3.47. The van der Waals surface area contributed by atoms with E-state index in [1.807, 2.05) is 36.4 Å². The summed E-state index contributed by atoms with van der Waals surface area (Å²) in [5, 5.41) is 7.35. The fourth-order valence-electron chi connectivity index (χ4n) is 3.47. The van der Waals surface area contributed by atoms with E-state index in [9.17, 15) is 9.59 Å². The molecule has 4 rings (SSSR count). The highest BCUT2D eigenvalue weighted by Gasteiger charge is 2.31. The van der Waals surface area contributed by atoms with Gasteiger partial charge in [0.15, 0.2) is 11.5 Å². The lowest BCUT2D eigenvalue weighted by Gasteiger charge is -2.07. The lowest BCUT2D eigenvalue weighted by atomic mass is 10.2. The van der Waals surface area contributed by atoms with Crippen molar-refractivity contribution in [1.82, 2.24) is 19.7 Å². The molecular formula is C24H26N4O4. The number of rotatable bonds is 9. The average molecular weight is 434 g/mol. The molecule has 1 amide bonds. The predicted molar refractivity (Wildman–Crippen MR) is 121 cm³/mol. The Morgan fingerprint density at radius 1 is 1.12 bits per heavy atom. The first kappa shape index (κ1) is 21.4. The molecule has 0 atom stereocenters. The summed E-state index contributed by atoms with van der Waals surface area (Å²) in [6.45, 7) is 0.596. The van der Waals surface area contributed by atoms with Gasteiger partial charge >= 0.3 is 5.69 Å². The van der Waals surface area contributed by atoms with Crippen LogP contribution in [0.4, 0.5) is 0 Å². The minimum Gasteiger partial charge on any atom is -0.493 e. The van der Waals surface area contributed by atoms with Gasteiger partial charge < -0.3 is 14.8 Å². The molecule has 32 heavy (non-hydrogen) atoms. The second-order valence-corrected chi connectivity index (χ2v) is 7.55. The molecular weight excluding hydrogens is 408 g/mol. The van der Waals surface area contributed by atoms with E-state index in [0.29, 0.717) is 30.5 Å². The smallest absolute Gasteiger partial charge is 0.350 e. The molecule has 0 bridgehead atoms. The number of methoxy groups -OCH3 is 2. The molecule has 1 fully saturated rings. The minimum atomic E-state index is -0.252. The lowest BCUT2D eigenvalue weighted by Crippen LogP contribution is -2.31. The quantitative estimate of drug-likeness (QED) is 0.524. The molecule has 1 aromatic heterocycles. The minimum absolute atomic E-state index is 0.187. The molecule has 2 aromatic carbocycles. The van der Waals surface area contributed by atoms with Crippen LogP contribution in [-0.2, 0) is 11.3 Å². The molecule has 166 valence electrons. The molecule has 1 aliphatic carbocycles. The number of nitrogens with zero attached hydrogens (tertiary/aromatic N) is 3. The van der Waals surface area contributed by atoms with E-state index in [-0.39, 0.29) is 11.6 Å². The van der Waals surface area contributed by atoms with E-state index in [1.165, 1.54) is 10.8 Å². The first-order valence-corrected chi connectivity index (χ1v) is 10.5. The van der Waals surface area contributed by atoms with Gasteiger partial charge in [0.05, 0.1) is 26.5 Å². The summed E-state index contributed by atoms with van der Waals surface area (Å²) in [7, 11) is 3.14. The van der Waals surface area contributed by atoms with Crippen molar-refractivity contribution in [3.63, 3.8) is 0 Å². The second-order valence-electron chi connectivity index (χ2n) is 7.55. The Morgan fingerprint density at radius 2 is 1.88 bits per heavy atom. The van der Waals surface area contributed by atoms with E-state index < -0.39 is 0 Å². The summed E-state index contributed by atoms with van der Waals surface area (Å²) in [6, 6.07) is 14.9. The van der Waals surface area contributed by atoms with Crippen LogP contribution in [0.5, 0.6) is 11.5 Å². The van der Waals surface area contributed by atoms with Crippen LogP contribution in [0, 0.1) is 0 Å². The molecule has 0 aliphatic heterocycles. The van der Waals surface area contributed by atoms with Crippen molar-refractivity contribution < 1.29 is 14.3 Å². The Labute approximate surface area is 186 Å². The molecule has 8 nitrogen and oxygen atoms in total. The summed E-state index contributed by atoms with van der Waals surface area (Å²) >= 11 is 0. The number of carbonyl (C=O) groups excluding carboxylic acids is 1. The van der Waals surface area contributed by atoms with E-state index in [2.05, 4.69) is 10.4 Å². The zero-order valence-corrected chi connectivity index (χ0v) is 18.2. The van der Waals surface area contributed by atoms with E-state index in [1.54, 1.807) is 37.0 Å². The molecule has 1 N–H and O–H groups in total. The lowest BCUT2D eigenvalue weighted by molar-refractivity contribution is -0.116. The SMILES string of the molecule is COc1ccc(/C=C/C(=O)NCCn2nc(C3CC3)n(-c3ccccc3)c2=O)cc1OC. The third-order valence-corrected chi connectivity index (χ3v) is 5.28. The van der Waals surface area contributed by atoms with Crippen LogP contribution < -0.4 is 20.5 Å². The zero-order chi connectivity index (χ0) is 22.5. The fraction of sp³-hybridized carbons (Fsp3) is 0.292. The molecule has 8 heteroatoms. The second kappa shape index (κ2) is 9.55. The van der Waals surface area contributed by atoms with Crippen LogP contribution in [0.2, 0.25) is 0 Å². The normalized spacial score (nSPS) is 13.3. The van der Waals surface area contributed by atoms with Gasteiger partial charge in [0.25, 0.3) is 0 Å². The van der Waals surface area contributed by atoms with Crippen molar-refractivity contribution in [3.05, 3.63) is 76.5 Å². The number of aromatic nitrogens is 3. The number of amides is 1. The average Bonchev–Trinajstić information content (AvgIpc) is 3.62. The van der Waals surface area contributed by atoms with Crippen LogP contribution in [-0.4, -0.2) is 41.0 Å². The highest BCUT2D eigenvalue weighted by atomic mass is 16.5. The summed E-state index contributed by atoms with van der Waals surface area (Å²) in [4.78, 5) is 25.2. The third-order valence-electron chi connectivity index (χ3n) is 5.28. The van der Waals surface area contributed by atoms with Gasteiger partial charge in [-0.25, -0.2) is 14.0 Å². The van der Waals surface area contributed by atoms with Gasteiger partial charge in [0.2, 0.25) is 5.91 Å². The number of hydrogen-bond acceptors (Lipinski definition) is 5. The van der Waals surface area contributed by atoms with Gasteiger partial charge in [-0.1, -0.05) is 24.3 Å². The first-order chi connectivity index (χ1) is 15.6. The molecule has 0 spiro atoms. The van der Waals surface area contributed by atoms with Crippen molar-refractivity contribution >= 4 is 12.0 Å². The zero-order valence-electron chi connectivity index (χ0n) is 18.2. The third kappa shape index (κ3) is 4.74. The van der Waals surface area contributed by atoms with Crippen molar-refractivity contribution in [2.24, 2.45) is 0 Å². The molecule has 1 aliphatic rings. The Bertz CT molecular complexity index is 1180. The van der Waals surface area contributed by atoms with Crippen LogP contribution in [0.3, 0.4) is 0 Å². The number of hydrogen-bond donors (Lipinski definition) is 1. The van der Waals surface area contributed by atoms with Crippen molar-refractivity contribution in [2.75, 3.05) is 20.8 Å². The Balaban J connectivity index is 1.39. The van der Waals surface area contributed by atoms with Gasteiger partial charge in [-0.05, 0) is 48.7 Å². The Morgan fingerprint density at radius 3 is 2.56 bits per heavy atom. The van der Waals surface area contributed by atoms with Crippen LogP contribution >= 0.6 is 0 Å². The number of carbonyl (C=O) groups is 1. The van der Waals surface area contributed by atoms with E-state index in [0.717, 1.165) is 29.9 Å². The van der Waals surface area contributed by atoms with E-state index in [4.69, 9.17) is 9.47 Å². The first-order valence-electron chi connectivity index (χ1n) is 10.5. The molecule has 1 saturated carbocycles. The highest BCUT2D eigenvalue weighted by molar-refractivity contribution is 5.91. The molecule has 3 aromatic rings. The maximum atomic E-state index is 12.9. The topological polar surface area (TPSA) is 87.4 Å². The summed E-state index contributed by atoms with van der Waals surface area (Å²) in [5.41, 5.74) is 1.44. The molecule has 0 radical (unpaired) electrons. The molecule has 0 saturated heterocycles. The van der Waals surface area contributed by atoms with Gasteiger partial charge in [-0.15, -0.1) is 0 Å². The van der Waals surface area contributed by atoms with Crippen LogP contribution in [0.15, 0.2) is 59.4 Å². The number of benzene rings is 2.